The highest BCUT2D eigenvalue weighted by atomic mass is 79.9. The van der Waals surface area contributed by atoms with E-state index in [0.717, 1.165) is 21.3 Å². The number of hydrogen-bond acceptors (Lipinski definition) is 2. The molecule has 0 fully saturated rings. The molecule has 18 heavy (non-hydrogen) atoms. The number of rotatable bonds is 4. The van der Waals surface area contributed by atoms with Crippen molar-refractivity contribution in [2.75, 3.05) is 0 Å². The van der Waals surface area contributed by atoms with Crippen LogP contribution in [0.2, 0.25) is 0 Å². The maximum absolute atomic E-state index is 4.40. The second-order valence-corrected chi connectivity index (χ2v) is 5.83. The van der Waals surface area contributed by atoms with Crippen LogP contribution in [0.5, 0.6) is 0 Å². The van der Waals surface area contributed by atoms with Gasteiger partial charge >= 0.3 is 0 Å². The normalized spacial score (nSPS) is 12.4. The van der Waals surface area contributed by atoms with E-state index in [9.17, 15) is 0 Å². The predicted molar refractivity (Wildman–Crippen MR) is 81.3 cm³/mol. The molecule has 0 aliphatic heterocycles. The van der Waals surface area contributed by atoms with Crippen molar-refractivity contribution < 1.29 is 0 Å². The van der Waals surface area contributed by atoms with Crippen molar-refractivity contribution in [3.63, 3.8) is 0 Å². The minimum absolute atomic E-state index is 0.305. The standard InChI is InChI=1S/C14H14Br2N2/c1-10(11-5-7-12(15)8-6-11)17-9-13-3-2-4-14(16)18-13/h2-8,10,17H,9H2,1H3. The van der Waals surface area contributed by atoms with Gasteiger partial charge in [-0.05, 0) is 52.7 Å². The van der Waals surface area contributed by atoms with E-state index in [2.05, 4.69) is 73.3 Å². The third kappa shape index (κ3) is 3.90. The Balaban J connectivity index is 1.96. The predicted octanol–water partition coefficient (Wildman–Crippen LogP) is 4.46. The van der Waals surface area contributed by atoms with Gasteiger partial charge in [0, 0.05) is 17.1 Å². The first-order valence-electron chi connectivity index (χ1n) is 5.75. The van der Waals surface area contributed by atoms with Crippen molar-refractivity contribution in [1.29, 1.82) is 0 Å². The maximum atomic E-state index is 4.40. The van der Waals surface area contributed by atoms with E-state index in [4.69, 9.17) is 0 Å². The number of aromatic nitrogens is 1. The summed E-state index contributed by atoms with van der Waals surface area (Å²) in [5, 5.41) is 3.46. The van der Waals surface area contributed by atoms with Gasteiger partial charge in [-0.2, -0.15) is 0 Å². The highest BCUT2D eigenvalue weighted by Gasteiger charge is 2.05. The van der Waals surface area contributed by atoms with E-state index >= 15 is 0 Å². The summed E-state index contributed by atoms with van der Waals surface area (Å²) in [6.45, 7) is 2.91. The lowest BCUT2D eigenvalue weighted by atomic mass is 10.1. The molecule has 0 spiro atoms. The fraction of sp³-hybridized carbons (Fsp3) is 0.214. The molecule has 1 aromatic heterocycles. The Kier molecular flexibility index (Phi) is 4.92. The molecule has 0 aliphatic carbocycles. The molecular weight excluding hydrogens is 356 g/mol. The van der Waals surface area contributed by atoms with Crippen LogP contribution in [0.25, 0.3) is 0 Å². The van der Waals surface area contributed by atoms with Gasteiger partial charge in [0.15, 0.2) is 0 Å². The second kappa shape index (κ2) is 6.45. The summed E-state index contributed by atoms with van der Waals surface area (Å²) in [4.78, 5) is 4.40. The molecule has 1 N–H and O–H groups in total. The van der Waals surface area contributed by atoms with Gasteiger partial charge < -0.3 is 5.32 Å². The summed E-state index contributed by atoms with van der Waals surface area (Å²) < 4.78 is 1.98. The average molecular weight is 370 g/mol. The number of pyridine rings is 1. The summed E-state index contributed by atoms with van der Waals surface area (Å²) in [6, 6.07) is 14.6. The third-order valence-corrected chi connectivity index (χ3v) is 3.70. The molecule has 1 atom stereocenters. The zero-order chi connectivity index (χ0) is 13.0. The minimum Gasteiger partial charge on any atom is -0.305 e. The first-order chi connectivity index (χ1) is 8.65. The van der Waals surface area contributed by atoms with Gasteiger partial charge in [-0.3, -0.25) is 0 Å². The van der Waals surface area contributed by atoms with Crippen LogP contribution in [0.1, 0.15) is 24.2 Å². The highest BCUT2D eigenvalue weighted by Crippen LogP contribution is 2.17. The van der Waals surface area contributed by atoms with Gasteiger partial charge in [0.2, 0.25) is 0 Å². The Labute approximate surface area is 124 Å². The van der Waals surface area contributed by atoms with Crippen molar-refractivity contribution in [3.05, 3.63) is 62.8 Å². The van der Waals surface area contributed by atoms with Gasteiger partial charge in [-0.15, -0.1) is 0 Å². The molecule has 94 valence electrons. The summed E-state index contributed by atoms with van der Waals surface area (Å²) in [5.41, 5.74) is 2.31. The van der Waals surface area contributed by atoms with Gasteiger partial charge in [0.1, 0.15) is 4.60 Å². The second-order valence-electron chi connectivity index (χ2n) is 4.11. The Hall–Kier alpha value is -0.710. The van der Waals surface area contributed by atoms with E-state index < -0.39 is 0 Å². The lowest BCUT2D eigenvalue weighted by Crippen LogP contribution is -2.18. The molecule has 1 unspecified atom stereocenters. The molecule has 1 aromatic carbocycles. The number of hydrogen-bond donors (Lipinski definition) is 1. The van der Waals surface area contributed by atoms with Crippen molar-refractivity contribution in [3.8, 4) is 0 Å². The fourth-order valence-corrected chi connectivity index (χ4v) is 2.32. The number of halogens is 2. The van der Waals surface area contributed by atoms with Crippen LogP contribution < -0.4 is 5.32 Å². The van der Waals surface area contributed by atoms with Crippen LogP contribution in [-0.2, 0) is 6.54 Å². The van der Waals surface area contributed by atoms with Gasteiger partial charge in [-0.25, -0.2) is 4.98 Å². The maximum Gasteiger partial charge on any atom is 0.106 e. The number of nitrogens with zero attached hydrogens (tertiary/aromatic N) is 1. The Morgan fingerprint density at radius 2 is 1.83 bits per heavy atom. The van der Waals surface area contributed by atoms with Crippen LogP contribution in [-0.4, -0.2) is 4.98 Å². The number of nitrogens with one attached hydrogen (secondary N) is 1. The van der Waals surface area contributed by atoms with Crippen LogP contribution in [0.4, 0.5) is 0 Å². The van der Waals surface area contributed by atoms with Crippen molar-refractivity contribution in [2.45, 2.75) is 19.5 Å². The molecule has 0 aliphatic rings. The van der Waals surface area contributed by atoms with Gasteiger partial charge in [0.25, 0.3) is 0 Å². The van der Waals surface area contributed by atoms with Crippen molar-refractivity contribution in [2.24, 2.45) is 0 Å². The van der Waals surface area contributed by atoms with Crippen molar-refractivity contribution >= 4 is 31.9 Å². The fourth-order valence-electron chi connectivity index (χ4n) is 1.68. The van der Waals surface area contributed by atoms with Crippen LogP contribution in [0, 0.1) is 0 Å². The van der Waals surface area contributed by atoms with Crippen LogP contribution in [0.3, 0.4) is 0 Å². The largest absolute Gasteiger partial charge is 0.305 e. The van der Waals surface area contributed by atoms with E-state index in [1.165, 1.54) is 5.56 Å². The monoisotopic (exact) mass is 368 g/mol. The molecule has 0 amide bonds. The third-order valence-electron chi connectivity index (χ3n) is 2.73. The van der Waals surface area contributed by atoms with Gasteiger partial charge in [-0.1, -0.05) is 34.1 Å². The zero-order valence-corrected chi connectivity index (χ0v) is 13.2. The molecule has 2 rings (SSSR count). The van der Waals surface area contributed by atoms with E-state index in [1.807, 2.05) is 18.2 Å². The van der Waals surface area contributed by atoms with E-state index in [-0.39, 0.29) is 0 Å². The molecule has 2 aromatic rings. The molecule has 0 saturated heterocycles. The summed E-state index contributed by atoms with van der Waals surface area (Å²) in [5.74, 6) is 0. The number of benzene rings is 1. The smallest absolute Gasteiger partial charge is 0.106 e. The molecule has 0 bridgehead atoms. The first-order valence-corrected chi connectivity index (χ1v) is 7.34. The summed E-state index contributed by atoms with van der Waals surface area (Å²) in [7, 11) is 0. The molecule has 0 saturated carbocycles. The lowest BCUT2D eigenvalue weighted by Gasteiger charge is -2.14. The Morgan fingerprint density at radius 3 is 2.50 bits per heavy atom. The summed E-state index contributed by atoms with van der Waals surface area (Å²) >= 11 is 6.82. The molecule has 1 heterocycles. The first kappa shape index (κ1) is 13.7. The average Bonchev–Trinajstić information content (AvgIpc) is 2.37. The Morgan fingerprint density at radius 1 is 1.11 bits per heavy atom. The zero-order valence-electron chi connectivity index (χ0n) is 10.0. The lowest BCUT2D eigenvalue weighted by molar-refractivity contribution is 0.567. The molecule has 4 heteroatoms. The minimum atomic E-state index is 0.305. The molecular formula is C14H14Br2N2. The highest BCUT2D eigenvalue weighted by molar-refractivity contribution is 9.10. The van der Waals surface area contributed by atoms with Crippen LogP contribution >= 0.6 is 31.9 Å². The SMILES string of the molecule is CC(NCc1cccc(Br)n1)c1ccc(Br)cc1. The van der Waals surface area contributed by atoms with E-state index in [0.29, 0.717) is 6.04 Å². The topological polar surface area (TPSA) is 24.9 Å². The molecule has 0 radical (unpaired) electrons. The van der Waals surface area contributed by atoms with Crippen LogP contribution in [0.15, 0.2) is 51.5 Å². The Bertz CT molecular complexity index is 511. The molecule has 2 nitrogen and oxygen atoms in total. The van der Waals surface area contributed by atoms with Crippen molar-refractivity contribution in [1.82, 2.24) is 10.3 Å². The quantitative estimate of drug-likeness (QED) is 0.805. The summed E-state index contributed by atoms with van der Waals surface area (Å²) in [6.07, 6.45) is 0. The van der Waals surface area contributed by atoms with Gasteiger partial charge in [0.05, 0.1) is 5.69 Å². The van der Waals surface area contributed by atoms with E-state index in [1.54, 1.807) is 0 Å².